The molecule has 4 heteroatoms. The van der Waals surface area contributed by atoms with Crippen LogP contribution in [0.5, 0.6) is 5.75 Å². The third-order valence-electron chi connectivity index (χ3n) is 4.20. The fourth-order valence-corrected chi connectivity index (χ4v) is 2.61. The van der Waals surface area contributed by atoms with Gasteiger partial charge in [0.1, 0.15) is 18.5 Å². The average Bonchev–Trinajstić information content (AvgIpc) is 3.36. The minimum absolute atomic E-state index is 0.190. The van der Waals surface area contributed by atoms with Gasteiger partial charge in [-0.05, 0) is 37.1 Å². The number of benzene rings is 1. The molecular formula is C17H26N2O2. The summed E-state index contributed by atoms with van der Waals surface area (Å²) >= 11 is 0. The van der Waals surface area contributed by atoms with Crippen molar-refractivity contribution in [3.63, 3.8) is 0 Å². The number of hydrogen-bond donors (Lipinski definition) is 1. The van der Waals surface area contributed by atoms with E-state index in [-0.39, 0.29) is 6.10 Å². The highest BCUT2D eigenvalue weighted by Crippen LogP contribution is 2.20. The predicted molar refractivity (Wildman–Crippen MR) is 83.7 cm³/mol. The summed E-state index contributed by atoms with van der Waals surface area (Å²) in [4.78, 5) is 2.41. The van der Waals surface area contributed by atoms with Gasteiger partial charge >= 0.3 is 0 Å². The van der Waals surface area contributed by atoms with E-state index in [1.807, 2.05) is 0 Å². The zero-order valence-corrected chi connectivity index (χ0v) is 12.9. The normalized spacial score (nSPS) is 23.2. The van der Waals surface area contributed by atoms with Gasteiger partial charge in [-0.1, -0.05) is 19.1 Å². The van der Waals surface area contributed by atoms with Crippen molar-refractivity contribution in [3.05, 3.63) is 29.8 Å². The maximum atomic E-state index is 5.86. The molecular weight excluding hydrogens is 264 g/mol. The number of nitrogens with zero attached hydrogens (tertiary/aromatic N) is 1. The van der Waals surface area contributed by atoms with Crippen LogP contribution in [-0.2, 0) is 11.3 Å². The van der Waals surface area contributed by atoms with Gasteiger partial charge in [0.05, 0.1) is 6.61 Å². The van der Waals surface area contributed by atoms with Crippen molar-refractivity contribution < 1.29 is 9.47 Å². The van der Waals surface area contributed by atoms with Crippen LogP contribution in [-0.4, -0.2) is 49.9 Å². The van der Waals surface area contributed by atoms with Crippen LogP contribution in [0.3, 0.4) is 0 Å². The summed E-state index contributed by atoms with van der Waals surface area (Å²) in [5.74, 6) is 0.933. The topological polar surface area (TPSA) is 33.7 Å². The maximum Gasteiger partial charge on any atom is 0.119 e. The summed E-state index contributed by atoms with van der Waals surface area (Å²) in [6.07, 6.45) is 2.85. The van der Waals surface area contributed by atoms with Crippen molar-refractivity contribution in [2.24, 2.45) is 0 Å². The van der Waals surface area contributed by atoms with Crippen molar-refractivity contribution in [1.29, 1.82) is 0 Å². The predicted octanol–water partition coefficient (Wildman–Crippen LogP) is 2.04. The molecule has 116 valence electrons. The largest absolute Gasteiger partial charge is 0.491 e. The SMILES string of the molecule is CCN1CCOC(COc2ccc(CNC3CC3)cc2)C1. The zero-order chi connectivity index (χ0) is 14.5. The van der Waals surface area contributed by atoms with E-state index in [4.69, 9.17) is 9.47 Å². The monoisotopic (exact) mass is 290 g/mol. The van der Waals surface area contributed by atoms with Gasteiger partial charge < -0.3 is 14.8 Å². The van der Waals surface area contributed by atoms with E-state index < -0.39 is 0 Å². The molecule has 1 heterocycles. The van der Waals surface area contributed by atoms with Crippen molar-refractivity contribution >= 4 is 0 Å². The Morgan fingerprint density at radius 3 is 2.81 bits per heavy atom. The second-order valence-corrected chi connectivity index (χ2v) is 6.00. The van der Waals surface area contributed by atoms with Crippen LogP contribution in [0.25, 0.3) is 0 Å². The average molecular weight is 290 g/mol. The third-order valence-corrected chi connectivity index (χ3v) is 4.20. The molecule has 1 N–H and O–H groups in total. The fraction of sp³-hybridized carbons (Fsp3) is 0.647. The van der Waals surface area contributed by atoms with Gasteiger partial charge in [-0.3, -0.25) is 4.90 Å². The molecule has 0 aromatic heterocycles. The minimum atomic E-state index is 0.190. The molecule has 2 aliphatic rings. The molecule has 0 amide bonds. The van der Waals surface area contributed by atoms with Gasteiger partial charge in [0.2, 0.25) is 0 Å². The summed E-state index contributed by atoms with van der Waals surface area (Å²) < 4.78 is 11.6. The van der Waals surface area contributed by atoms with E-state index in [1.54, 1.807) is 0 Å². The number of nitrogens with one attached hydrogen (secondary N) is 1. The Hall–Kier alpha value is -1.10. The molecule has 1 aliphatic heterocycles. The minimum Gasteiger partial charge on any atom is -0.491 e. The zero-order valence-electron chi connectivity index (χ0n) is 12.9. The number of hydrogen-bond acceptors (Lipinski definition) is 4. The molecule has 1 atom stereocenters. The van der Waals surface area contributed by atoms with Crippen LogP contribution >= 0.6 is 0 Å². The Kier molecular flexibility index (Phi) is 5.12. The van der Waals surface area contributed by atoms with Crippen LogP contribution in [0.2, 0.25) is 0 Å². The van der Waals surface area contributed by atoms with E-state index in [1.165, 1.54) is 18.4 Å². The summed E-state index contributed by atoms with van der Waals surface area (Å²) in [5.41, 5.74) is 1.32. The Morgan fingerprint density at radius 2 is 2.10 bits per heavy atom. The van der Waals surface area contributed by atoms with Gasteiger partial charge in [0.15, 0.2) is 0 Å². The smallest absolute Gasteiger partial charge is 0.119 e. The Morgan fingerprint density at radius 1 is 1.29 bits per heavy atom. The van der Waals surface area contributed by atoms with Gasteiger partial charge in [0.25, 0.3) is 0 Å². The summed E-state index contributed by atoms with van der Waals surface area (Å²) in [7, 11) is 0. The number of likely N-dealkylation sites (N-methyl/N-ethyl adjacent to an activating group) is 1. The van der Waals surface area contributed by atoms with E-state index >= 15 is 0 Å². The molecule has 2 fully saturated rings. The molecule has 4 nitrogen and oxygen atoms in total. The highest BCUT2D eigenvalue weighted by Gasteiger charge is 2.20. The second kappa shape index (κ2) is 7.25. The van der Waals surface area contributed by atoms with Crippen LogP contribution in [0.4, 0.5) is 0 Å². The summed E-state index contributed by atoms with van der Waals surface area (Å²) in [6, 6.07) is 9.16. The number of rotatable bonds is 7. The maximum absolute atomic E-state index is 5.86. The van der Waals surface area contributed by atoms with Gasteiger partial charge in [0, 0.05) is 25.7 Å². The first kappa shape index (κ1) is 14.8. The first-order valence-electron chi connectivity index (χ1n) is 8.12. The third kappa shape index (κ3) is 4.70. The van der Waals surface area contributed by atoms with Crippen molar-refractivity contribution in [2.45, 2.75) is 38.5 Å². The van der Waals surface area contributed by atoms with Crippen LogP contribution in [0, 0.1) is 0 Å². The Bertz CT molecular complexity index is 431. The number of ether oxygens (including phenoxy) is 2. The lowest BCUT2D eigenvalue weighted by Crippen LogP contribution is -2.44. The summed E-state index contributed by atoms with van der Waals surface area (Å²) in [6.45, 7) is 7.70. The molecule has 21 heavy (non-hydrogen) atoms. The first-order valence-corrected chi connectivity index (χ1v) is 8.12. The van der Waals surface area contributed by atoms with Crippen molar-refractivity contribution in [1.82, 2.24) is 10.2 Å². The van der Waals surface area contributed by atoms with Crippen molar-refractivity contribution in [3.8, 4) is 5.75 Å². The molecule has 1 saturated carbocycles. The molecule has 0 bridgehead atoms. The molecule has 3 rings (SSSR count). The van der Waals surface area contributed by atoms with Gasteiger partial charge in [-0.15, -0.1) is 0 Å². The van der Waals surface area contributed by atoms with E-state index in [9.17, 15) is 0 Å². The van der Waals surface area contributed by atoms with Crippen LogP contribution in [0.15, 0.2) is 24.3 Å². The standard InChI is InChI=1S/C17H26N2O2/c1-2-19-9-10-20-17(12-19)13-21-16-7-3-14(4-8-16)11-18-15-5-6-15/h3-4,7-8,15,17-18H,2,5-6,9-13H2,1H3. The van der Waals surface area contributed by atoms with Gasteiger partial charge in [-0.2, -0.15) is 0 Å². The highest BCUT2D eigenvalue weighted by atomic mass is 16.5. The molecule has 1 aliphatic carbocycles. The quantitative estimate of drug-likeness (QED) is 0.833. The Labute approximate surface area is 127 Å². The molecule has 1 aromatic carbocycles. The lowest BCUT2D eigenvalue weighted by Gasteiger charge is -2.31. The molecule has 0 spiro atoms. The lowest BCUT2D eigenvalue weighted by atomic mass is 10.2. The summed E-state index contributed by atoms with van der Waals surface area (Å²) in [5, 5.41) is 3.52. The van der Waals surface area contributed by atoms with Crippen LogP contribution < -0.4 is 10.1 Å². The van der Waals surface area contributed by atoms with E-state index in [0.717, 1.165) is 44.6 Å². The van der Waals surface area contributed by atoms with Crippen molar-refractivity contribution in [2.75, 3.05) is 32.8 Å². The lowest BCUT2D eigenvalue weighted by molar-refractivity contribution is -0.0464. The molecule has 1 saturated heterocycles. The first-order chi connectivity index (χ1) is 10.3. The Balaban J connectivity index is 1.41. The number of morpholine rings is 1. The second-order valence-electron chi connectivity index (χ2n) is 6.00. The van der Waals surface area contributed by atoms with E-state index in [2.05, 4.69) is 41.4 Å². The molecule has 0 radical (unpaired) electrons. The van der Waals surface area contributed by atoms with Gasteiger partial charge in [-0.25, -0.2) is 0 Å². The highest BCUT2D eigenvalue weighted by molar-refractivity contribution is 5.27. The molecule has 1 aromatic rings. The van der Waals surface area contributed by atoms with E-state index in [0.29, 0.717) is 6.61 Å². The molecule has 1 unspecified atom stereocenters. The van der Waals surface area contributed by atoms with Crippen LogP contribution in [0.1, 0.15) is 25.3 Å². The fourth-order valence-electron chi connectivity index (χ4n) is 2.61.